The molecule has 122 valence electrons. The minimum Gasteiger partial charge on any atom is -0.308 e. The molecule has 21 heavy (non-hydrogen) atoms. The molecular weight excluding hydrogens is 258 g/mol. The Bertz CT molecular complexity index is 348. The zero-order valence-corrected chi connectivity index (χ0v) is 14.6. The topological polar surface area (TPSA) is 18.5 Å². The van der Waals surface area contributed by atoms with Crippen LogP contribution in [0.25, 0.3) is 0 Å². The fourth-order valence-corrected chi connectivity index (χ4v) is 4.93. The van der Waals surface area contributed by atoms with Crippen molar-refractivity contribution in [2.24, 2.45) is 5.92 Å². The maximum atomic E-state index is 3.96. The Morgan fingerprint density at radius 1 is 1.19 bits per heavy atom. The van der Waals surface area contributed by atoms with Gasteiger partial charge in [-0.2, -0.15) is 0 Å². The standard InChI is InChI=1S/C18H35N3/c1-14(2)17-12-19-18(8-5-6-9-18)13-21(17)16-7-10-20(4)15(3)11-16/h14-17,19H,5-13H2,1-4H3. The van der Waals surface area contributed by atoms with Crippen molar-refractivity contribution in [3.63, 3.8) is 0 Å². The summed E-state index contributed by atoms with van der Waals surface area (Å²) >= 11 is 0. The fourth-order valence-electron chi connectivity index (χ4n) is 4.93. The predicted molar refractivity (Wildman–Crippen MR) is 89.6 cm³/mol. The summed E-state index contributed by atoms with van der Waals surface area (Å²) < 4.78 is 0. The quantitative estimate of drug-likeness (QED) is 0.844. The zero-order valence-electron chi connectivity index (χ0n) is 14.6. The number of hydrogen-bond acceptors (Lipinski definition) is 3. The van der Waals surface area contributed by atoms with Gasteiger partial charge in [0.2, 0.25) is 0 Å². The molecule has 3 aliphatic rings. The minimum atomic E-state index is 0.456. The molecule has 1 saturated carbocycles. The van der Waals surface area contributed by atoms with Crippen molar-refractivity contribution in [1.82, 2.24) is 15.1 Å². The molecule has 1 N–H and O–H groups in total. The summed E-state index contributed by atoms with van der Waals surface area (Å²) in [6.07, 6.45) is 8.37. The van der Waals surface area contributed by atoms with Crippen LogP contribution < -0.4 is 5.32 Å². The van der Waals surface area contributed by atoms with E-state index in [1.165, 1.54) is 58.2 Å². The zero-order chi connectivity index (χ0) is 15.0. The maximum Gasteiger partial charge on any atom is 0.0309 e. The molecule has 3 heteroatoms. The second kappa shape index (κ2) is 6.17. The first-order valence-corrected chi connectivity index (χ1v) is 9.22. The van der Waals surface area contributed by atoms with Crippen molar-refractivity contribution in [2.45, 2.75) is 83.0 Å². The smallest absolute Gasteiger partial charge is 0.0309 e. The highest BCUT2D eigenvalue weighted by Gasteiger charge is 2.44. The molecule has 2 aliphatic heterocycles. The molecule has 3 atom stereocenters. The van der Waals surface area contributed by atoms with Crippen molar-refractivity contribution >= 4 is 0 Å². The van der Waals surface area contributed by atoms with E-state index in [1.54, 1.807) is 0 Å². The van der Waals surface area contributed by atoms with Crippen LogP contribution in [0.1, 0.15) is 59.3 Å². The van der Waals surface area contributed by atoms with Crippen LogP contribution in [0.5, 0.6) is 0 Å². The van der Waals surface area contributed by atoms with Gasteiger partial charge in [0.25, 0.3) is 0 Å². The van der Waals surface area contributed by atoms with E-state index in [9.17, 15) is 0 Å². The van der Waals surface area contributed by atoms with Crippen LogP contribution in [0.4, 0.5) is 0 Å². The van der Waals surface area contributed by atoms with Gasteiger partial charge in [-0.3, -0.25) is 4.90 Å². The van der Waals surface area contributed by atoms with Gasteiger partial charge in [-0.25, -0.2) is 0 Å². The number of nitrogens with zero attached hydrogens (tertiary/aromatic N) is 2. The summed E-state index contributed by atoms with van der Waals surface area (Å²) in [7, 11) is 2.29. The van der Waals surface area contributed by atoms with Gasteiger partial charge in [0.05, 0.1) is 0 Å². The Morgan fingerprint density at radius 2 is 1.90 bits per heavy atom. The molecule has 0 bridgehead atoms. The molecule has 2 heterocycles. The van der Waals surface area contributed by atoms with Gasteiger partial charge in [0.15, 0.2) is 0 Å². The number of piperazine rings is 1. The molecule has 1 aliphatic carbocycles. The molecule has 3 unspecified atom stereocenters. The van der Waals surface area contributed by atoms with E-state index in [0.29, 0.717) is 5.54 Å². The van der Waals surface area contributed by atoms with E-state index < -0.39 is 0 Å². The van der Waals surface area contributed by atoms with Crippen LogP contribution in [0.3, 0.4) is 0 Å². The summed E-state index contributed by atoms with van der Waals surface area (Å²) in [4.78, 5) is 5.46. The van der Waals surface area contributed by atoms with Gasteiger partial charge in [-0.15, -0.1) is 0 Å². The summed E-state index contributed by atoms with van der Waals surface area (Å²) in [5, 5.41) is 3.96. The van der Waals surface area contributed by atoms with Crippen molar-refractivity contribution in [3.05, 3.63) is 0 Å². The molecule has 0 aromatic carbocycles. The van der Waals surface area contributed by atoms with Crippen LogP contribution in [0, 0.1) is 5.92 Å². The molecule has 2 saturated heterocycles. The van der Waals surface area contributed by atoms with E-state index in [4.69, 9.17) is 0 Å². The highest BCUT2D eigenvalue weighted by Crippen LogP contribution is 2.36. The second-order valence-electron chi connectivity index (χ2n) is 8.36. The third-order valence-corrected chi connectivity index (χ3v) is 6.58. The number of likely N-dealkylation sites (tertiary alicyclic amines) is 1. The van der Waals surface area contributed by atoms with Crippen LogP contribution in [-0.2, 0) is 0 Å². The lowest BCUT2D eigenvalue weighted by Gasteiger charge is -2.53. The van der Waals surface area contributed by atoms with E-state index >= 15 is 0 Å². The van der Waals surface area contributed by atoms with Crippen LogP contribution >= 0.6 is 0 Å². The van der Waals surface area contributed by atoms with E-state index in [2.05, 4.69) is 42.9 Å². The summed E-state index contributed by atoms with van der Waals surface area (Å²) in [6.45, 7) is 11.0. The second-order valence-corrected chi connectivity index (χ2v) is 8.36. The van der Waals surface area contributed by atoms with Crippen molar-refractivity contribution in [3.8, 4) is 0 Å². The van der Waals surface area contributed by atoms with Crippen molar-refractivity contribution in [2.75, 3.05) is 26.7 Å². The highest BCUT2D eigenvalue weighted by atomic mass is 15.3. The molecule has 3 rings (SSSR count). The lowest BCUT2D eigenvalue weighted by atomic mass is 9.85. The Morgan fingerprint density at radius 3 is 2.52 bits per heavy atom. The average molecular weight is 293 g/mol. The number of nitrogens with one attached hydrogen (secondary N) is 1. The van der Waals surface area contributed by atoms with Gasteiger partial charge >= 0.3 is 0 Å². The van der Waals surface area contributed by atoms with E-state index in [0.717, 1.165) is 24.0 Å². The summed E-state index contributed by atoms with van der Waals surface area (Å²) in [6, 6.07) is 2.28. The molecular formula is C18H35N3. The van der Waals surface area contributed by atoms with Gasteiger partial charge in [0, 0.05) is 36.8 Å². The molecule has 0 radical (unpaired) electrons. The molecule has 0 aromatic heterocycles. The molecule has 3 fully saturated rings. The van der Waals surface area contributed by atoms with Crippen LogP contribution in [0.15, 0.2) is 0 Å². The van der Waals surface area contributed by atoms with Gasteiger partial charge in [0.1, 0.15) is 0 Å². The largest absolute Gasteiger partial charge is 0.308 e. The van der Waals surface area contributed by atoms with Gasteiger partial charge in [-0.1, -0.05) is 26.7 Å². The van der Waals surface area contributed by atoms with Crippen LogP contribution in [-0.4, -0.2) is 60.1 Å². The van der Waals surface area contributed by atoms with Crippen LogP contribution in [0.2, 0.25) is 0 Å². The molecule has 3 nitrogen and oxygen atoms in total. The van der Waals surface area contributed by atoms with E-state index in [-0.39, 0.29) is 0 Å². The lowest BCUT2D eigenvalue weighted by Crippen LogP contribution is -2.67. The van der Waals surface area contributed by atoms with Crippen molar-refractivity contribution < 1.29 is 0 Å². The third-order valence-electron chi connectivity index (χ3n) is 6.58. The molecule has 0 amide bonds. The Balaban J connectivity index is 1.74. The maximum absolute atomic E-state index is 3.96. The first-order chi connectivity index (χ1) is 10.0. The first-order valence-electron chi connectivity index (χ1n) is 9.22. The summed E-state index contributed by atoms with van der Waals surface area (Å²) in [5.41, 5.74) is 0.456. The predicted octanol–water partition coefficient (Wildman–Crippen LogP) is 2.71. The number of piperidine rings is 1. The molecule has 0 aromatic rings. The average Bonchev–Trinajstić information content (AvgIpc) is 2.89. The van der Waals surface area contributed by atoms with Crippen molar-refractivity contribution in [1.29, 1.82) is 0 Å². The van der Waals surface area contributed by atoms with E-state index in [1.807, 2.05) is 0 Å². The minimum absolute atomic E-state index is 0.456. The number of hydrogen-bond donors (Lipinski definition) is 1. The monoisotopic (exact) mass is 293 g/mol. The Kier molecular flexibility index (Phi) is 4.63. The summed E-state index contributed by atoms with van der Waals surface area (Å²) in [5.74, 6) is 0.756. The normalized spacial score (nSPS) is 38.4. The lowest BCUT2D eigenvalue weighted by molar-refractivity contribution is -0.00885. The van der Waals surface area contributed by atoms with Gasteiger partial charge in [-0.05, 0) is 52.1 Å². The Labute approximate surface area is 131 Å². The fraction of sp³-hybridized carbons (Fsp3) is 1.00. The molecule has 1 spiro atoms. The number of rotatable bonds is 2. The first kappa shape index (κ1) is 15.8. The van der Waals surface area contributed by atoms with Gasteiger partial charge < -0.3 is 10.2 Å². The third kappa shape index (κ3) is 3.16. The highest BCUT2D eigenvalue weighted by molar-refractivity contribution is 5.03. The Hall–Kier alpha value is -0.120. The SMILES string of the molecule is CC(C)C1CNC2(CCCC2)CN1C1CCN(C)C(C)C1.